The van der Waals surface area contributed by atoms with Crippen LogP contribution in [0.25, 0.3) is 0 Å². The molecule has 0 aromatic heterocycles. The predicted octanol–water partition coefficient (Wildman–Crippen LogP) is 3.23. The van der Waals surface area contributed by atoms with Gasteiger partial charge in [-0.05, 0) is 69.3 Å². The first-order chi connectivity index (χ1) is 15.0. The summed E-state index contributed by atoms with van der Waals surface area (Å²) in [5.74, 6) is 5.71. The summed E-state index contributed by atoms with van der Waals surface area (Å²) in [6.45, 7) is 10.2. The summed E-state index contributed by atoms with van der Waals surface area (Å²) in [5, 5.41) is 29.9. The zero-order chi connectivity index (χ0) is 24.1. The van der Waals surface area contributed by atoms with Crippen molar-refractivity contribution in [2.24, 2.45) is 35.0 Å². The average Bonchev–Trinajstić information content (AvgIpc) is 2.72. The molecule has 0 spiro atoms. The monoisotopic (exact) mass is 453 g/mol. The van der Waals surface area contributed by atoms with E-state index in [0.29, 0.717) is 12.3 Å². The molecule has 2 aliphatic rings. The smallest absolute Gasteiger partial charge is 0.311 e. The molecule has 8 atom stereocenters. The molecule has 2 rings (SSSR count). The van der Waals surface area contributed by atoms with E-state index in [9.17, 15) is 20.1 Å². The summed E-state index contributed by atoms with van der Waals surface area (Å²) in [5.41, 5.74) is 0.706. The van der Waals surface area contributed by atoms with Crippen LogP contribution in [0.3, 0.4) is 0 Å². The topological polar surface area (TPSA) is 122 Å². The zero-order valence-corrected chi connectivity index (χ0v) is 20.2. The van der Waals surface area contributed by atoms with Crippen LogP contribution in [0.5, 0.6) is 0 Å². The lowest BCUT2D eigenvalue weighted by atomic mass is 9.65. The maximum absolute atomic E-state index is 12.9. The molecule has 0 aliphatic heterocycles. The van der Waals surface area contributed by atoms with Crippen molar-refractivity contribution in [2.45, 2.75) is 97.7 Å². The molecule has 32 heavy (non-hydrogen) atoms. The van der Waals surface area contributed by atoms with Crippen LogP contribution in [0.1, 0.15) is 73.1 Å². The normalized spacial score (nSPS) is 30.8. The third-order valence-corrected chi connectivity index (χ3v) is 7.30. The molecule has 0 heterocycles. The molecule has 0 aromatic carbocycles. The number of carbonyl (C=O) groups is 1. The first-order valence-corrected chi connectivity index (χ1v) is 12.0. The van der Waals surface area contributed by atoms with Crippen LogP contribution in [-0.4, -0.2) is 45.9 Å². The van der Waals surface area contributed by atoms with Gasteiger partial charge in [0.25, 0.3) is 0 Å². The van der Waals surface area contributed by atoms with Gasteiger partial charge in [0.05, 0.1) is 17.6 Å². The maximum atomic E-state index is 12.9. The van der Waals surface area contributed by atoms with Gasteiger partial charge in [-0.3, -0.25) is 9.63 Å². The molecule has 0 radical (unpaired) electrons. The zero-order valence-electron chi connectivity index (χ0n) is 20.2. The molecule has 0 bridgehead atoms. The van der Waals surface area contributed by atoms with Gasteiger partial charge in [0.15, 0.2) is 6.29 Å². The Hall–Kier alpha value is -1.25. The Morgan fingerprint density at radius 2 is 1.91 bits per heavy atom. The summed E-state index contributed by atoms with van der Waals surface area (Å²) in [4.78, 5) is 17.1. The van der Waals surface area contributed by atoms with Crippen LogP contribution in [0, 0.1) is 29.1 Å². The molecule has 184 valence electrons. The predicted molar refractivity (Wildman–Crippen MR) is 123 cm³/mol. The van der Waals surface area contributed by atoms with Crippen LogP contribution in [0.4, 0.5) is 0 Å². The van der Waals surface area contributed by atoms with Crippen molar-refractivity contribution < 1.29 is 29.7 Å². The van der Waals surface area contributed by atoms with E-state index in [4.69, 9.17) is 10.6 Å². The summed E-state index contributed by atoms with van der Waals surface area (Å²) in [6.07, 6.45) is 6.50. The number of nitrogens with two attached hydrogens (primary N) is 1. The van der Waals surface area contributed by atoms with Crippen molar-refractivity contribution in [1.82, 2.24) is 0 Å². The number of carbonyl (C=O) groups excluding carboxylic acids is 1. The van der Waals surface area contributed by atoms with Gasteiger partial charge >= 0.3 is 5.97 Å². The number of fused-ring (bicyclic) bond motifs is 1. The molecule has 5 N–H and O–H groups in total. The van der Waals surface area contributed by atoms with Crippen LogP contribution < -0.4 is 5.90 Å². The molecule has 1 unspecified atom stereocenters. The van der Waals surface area contributed by atoms with Gasteiger partial charge in [-0.25, -0.2) is 5.90 Å². The largest absolute Gasteiger partial charge is 0.461 e. The Morgan fingerprint density at radius 1 is 1.22 bits per heavy atom. The number of aliphatic hydroxyl groups is 3. The molecular formula is C25H43NO6. The molecular weight excluding hydrogens is 410 g/mol. The lowest BCUT2D eigenvalue weighted by molar-refractivity contribution is -0.164. The second-order valence-corrected chi connectivity index (χ2v) is 10.4. The highest BCUT2D eigenvalue weighted by Crippen LogP contribution is 2.45. The third kappa shape index (κ3) is 7.12. The molecule has 2 aliphatic carbocycles. The molecule has 0 fully saturated rings. The van der Waals surface area contributed by atoms with Gasteiger partial charge in [0, 0.05) is 12.3 Å². The number of esters is 1. The highest BCUT2D eigenvalue weighted by molar-refractivity contribution is 5.76. The fourth-order valence-corrected chi connectivity index (χ4v) is 4.86. The van der Waals surface area contributed by atoms with Crippen LogP contribution in [-0.2, 0) is 14.4 Å². The van der Waals surface area contributed by atoms with Crippen molar-refractivity contribution in [3.63, 3.8) is 0 Å². The molecule has 0 saturated carbocycles. The highest BCUT2D eigenvalue weighted by atomic mass is 16.7. The lowest BCUT2D eigenvalue weighted by Crippen LogP contribution is -2.43. The molecule has 0 aromatic rings. The molecule has 7 heteroatoms. The van der Waals surface area contributed by atoms with Gasteiger partial charge < -0.3 is 20.1 Å². The van der Waals surface area contributed by atoms with E-state index in [2.05, 4.69) is 36.9 Å². The van der Waals surface area contributed by atoms with E-state index in [1.165, 1.54) is 5.57 Å². The first-order valence-electron chi connectivity index (χ1n) is 12.0. The fraction of sp³-hybridized carbons (Fsp3) is 0.800. The number of hydrogen-bond acceptors (Lipinski definition) is 7. The summed E-state index contributed by atoms with van der Waals surface area (Å²) in [7, 11) is 0. The van der Waals surface area contributed by atoms with Crippen LogP contribution in [0.2, 0.25) is 0 Å². The van der Waals surface area contributed by atoms with E-state index < -0.39 is 23.9 Å². The standard InChI is InChI=1S/C25H43NO6/c1-6-25(4,5)24(30)31-21-12-15(2)11-17-8-7-16(3)20(23(17)21)10-9-18(27)13-19(28)14-22(29)32-26/h7-8,11,15-16,18-23,27-29H,6,9-10,12-14,26H2,1-5H3/t15-,16-,18+,19+,20-,21-,22?,23-/m0/s1. The van der Waals surface area contributed by atoms with E-state index in [0.717, 1.165) is 19.3 Å². The Kier molecular flexibility index (Phi) is 9.91. The Balaban J connectivity index is 2.09. The maximum Gasteiger partial charge on any atom is 0.311 e. The number of rotatable bonds is 11. The van der Waals surface area contributed by atoms with Crippen molar-refractivity contribution in [2.75, 3.05) is 0 Å². The van der Waals surface area contributed by atoms with Gasteiger partial charge in [0.2, 0.25) is 0 Å². The summed E-state index contributed by atoms with van der Waals surface area (Å²) < 4.78 is 6.12. The van der Waals surface area contributed by atoms with Gasteiger partial charge in [0.1, 0.15) is 6.10 Å². The quantitative estimate of drug-likeness (QED) is 0.215. The Labute approximate surface area is 192 Å². The number of ether oxygens (including phenoxy) is 1. The minimum atomic E-state index is -1.25. The SMILES string of the molecule is CCC(C)(C)C(=O)O[C@H]1C[C@@H](C)C=C2C=C[C@H](C)[C@H](CC[C@@H](O)C[C@@H](O)CC(O)ON)[C@H]21. The first kappa shape index (κ1) is 27.0. The Bertz CT molecular complexity index is 675. The molecule has 0 saturated heterocycles. The Morgan fingerprint density at radius 3 is 2.53 bits per heavy atom. The lowest BCUT2D eigenvalue weighted by Gasteiger charge is -2.44. The van der Waals surface area contributed by atoms with E-state index in [-0.39, 0.29) is 42.7 Å². The molecule has 0 amide bonds. The summed E-state index contributed by atoms with van der Waals surface area (Å²) >= 11 is 0. The number of hydrogen-bond donors (Lipinski definition) is 4. The number of allylic oxidation sites excluding steroid dienone is 3. The van der Waals surface area contributed by atoms with E-state index in [1.54, 1.807) is 0 Å². The highest BCUT2D eigenvalue weighted by Gasteiger charge is 2.42. The van der Waals surface area contributed by atoms with Crippen LogP contribution >= 0.6 is 0 Å². The third-order valence-electron chi connectivity index (χ3n) is 7.30. The van der Waals surface area contributed by atoms with E-state index >= 15 is 0 Å². The van der Waals surface area contributed by atoms with Gasteiger partial charge in [-0.2, -0.15) is 0 Å². The fourth-order valence-electron chi connectivity index (χ4n) is 4.86. The second-order valence-electron chi connectivity index (χ2n) is 10.4. The molecule has 7 nitrogen and oxygen atoms in total. The number of aliphatic hydroxyl groups excluding tert-OH is 3. The van der Waals surface area contributed by atoms with Crippen molar-refractivity contribution >= 4 is 5.97 Å². The van der Waals surface area contributed by atoms with Crippen molar-refractivity contribution in [3.8, 4) is 0 Å². The van der Waals surface area contributed by atoms with Crippen molar-refractivity contribution in [3.05, 3.63) is 23.8 Å². The van der Waals surface area contributed by atoms with Crippen molar-refractivity contribution in [1.29, 1.82) is 0 Å². The van der Waals surface area contributed by atoms with E-state index in [1.807, 2.05) is 20.8 Å². The van der Waals surface area contributed by atoms with Crippen LogP contribution in [0.15, 0.2) is 23.8 Å². The van der Waals surface area contributed by atoms with Gasteiger partial charge in [-0.1, -0.05) is 39.0 Å². The minimum absolute atomic E-state index is 0.0469. The summed E-state index contributed by atoms with van der Waals surface area (Å²) in [6, 6.07) is 0. The average molecular weight is 454 g/mol. The second kappa shape index (κ2) is 11.7. The van der Waals surface area contributed by atoms with Gasteiger partial charge in [-0.15, -0.1) is 0 Å². The minimum Gasteiger partial charge on any atom is -0.461 e.